The molecule has 0 atom stereocenters. The molecule has 0 spiro atoms. The molecule has 2 amide bonds. The first-order chi connectivity index (χ1) is 8.47. The van der Waals surface area contributed by atoms with E-state index in [-0.39, 0.29) is 6.54 Å². The SMILES string of the molecule is O=C(NCCCCc1ccccc1)NC(F)(F)F. The Bertz CT molecular complexity index is 365. The fourth-order valence-electron chi connectivity index (χ4n) is 1.47. The Balaban J connectivity index is 2.07. The van der Waals surface area contributed by atoms with E-state index >= 15 is 0 Å². The zero-order valence-electron chi connectivity index (χ0n) is 9.76. The normalized spacial score (nSPS) is 11.1. The third-order valence-electron chi connectivity index (χ3n) is 2.28. The van der Waals surface area contributed by atoms with Gasteiger partial charge in [-0.05, 0) is 24.8 Å². The predicted molar refractivity (Wildman–Crippen MR) is 62.0 cm³/mol. The molecule has 1 aromatic rings. The first-order valence-electron chi connectivity index (χ1n) is 5.64. The van der Waals surface area contributed by atoms with Crippen molar-refractivity contribution in [2.75, 3.05) is 6.54 Å². The summed E-state index contributed by atoms with van der Waals surface area (Å²) in [6.45, 7) is 0.231. The zero-order chi connectivity index (χ0) is 13.4. The number of nitrogens with one attached hydrogen (secondary N) is 2. The molecule has 0 bridgehead atoms. The fraction of sp³-hybridized carbons (Fsp3) is 0.417. The average Bonchev–Trinajstić information content (AvgIpc) is 2.27. The topological polar surface area (TPSA) is 41.1 Å². The maximum atomic E-state index is 11.7. The van der Waals surface area contributed by atoms with E-state index in [2.05, 4.69) is 5.32 Å². The summed E-state index contributed by atoms with van der Waals surface area (Å²) in [6, 6.07) is 8.57. The third-order valence-corrected chi connectivity index (χ3v) is 2.28. The minimum absolute atomic E-state index is 0.231. The highest BCUT2D eigenvalue weighted by atomic mass is 19.4. The van der Waals surface area contributed by atoms with Gasteiger partial charge in [-0.3, -0.25) is 0 Å². The summed E-state index contributed by atoms with van der Waals surface area (Å²) >= 11 is 0. The Morgan fingerprint density at radius 2 is 1.78 bits per heavy atom. The molecule has 0 radical (unpaired) electrons. The van der Waals surface area contributed by atoms with Crippen LogP contribution in [0.4, 0.5) is 18.0 Å². The molecule has 100 valence electrons. The highest BCUT2D eigenvalue weighted by Gasteiger charge is 2.29. The van der Waals surface area contributed by atoms with Gasteiger partial charge >= 0.3 is 12.3 Å². The van der Waals surface area contributed by atoms with Crippen LogP contribution >= 0.6 is 0 Å². The van der Waals surface area contributed by atoms with Crippen LogP contribution in [0.2, 0.25) is 0 Å². The molecule has 0 saturated heterocycles. The zero-order valence-corrected chi connectivity index (χ0v) is 9.76. The fourth-order valence-corrected chi connectivity index (χ4v) is 1.47. The van der Waals surface area contributed by atoms with Crippen LogP contribution < -0.4 is 10.6 Å². The second-order valence-electron chi connectivity index (χ2n) is 3.82. The summed E-state index contributed by atoms with van der Waals surface area (Å²) in [7, 11) is 0. The van der Waals surface area contributed by atoms with E-state index in [9.17, 15) is 18.0 Å². The summed E-state index contributed by atoms with van der Waals surface area (Å²) in [5.74, 6) is 0. The molecule has 0 fully saturated rings. The summed E-state index contributed by atoms with van der Waals surface area (Å²) in [5, 5.41) is 3.03. The number of unbranched alkanes of at least 4 members (excludes halogenated alkanes) is 1. The third kappa shape index (κ3) is 6.78. The molecule has 0 heterocycles. The minimum Gasteiger partial charge on any atom is -0.338 e. The first-order valence-corrected chi connectivity index (χ1v) is 5.64. The van der Waals surface area contributed by atoms with Crippen molar-refractivity contribution in [1.82, 2.24) is 10.6 Å². The molecule has 2 N–H and O–H groups in total. The Hall–Kier alpha value is -1.72. The second-order valence-corrected chi connectivity index (χ2v) is 3.82. The van der Waals surface area contributed by atoms with Crippen molar-refractivity contribution in [2.45, 2.75) is 25.6 Å². The summed E-state index contributed by atoms with van der Waals surface area (Å²) in [5.41, 5.74) is 1.18. The summed E-state index contributed by atoms with van der Waals surface area (Å²) in [6.07, 6.45) is -2.37. The number of benzene rings is 1. The molecule has 0 aliphatic carbocycles. The van der Waals surface area contributed by atoms with Crippen molar-refractivity contribution < 1.29 is 18.0 Å². The molecular formula is C12H15F3N2O. The Morgan fingerprint density at radius 1 is 1.11 bits per heavy atom. The van der Waals surface area contributed by atoms with Gasteiger partial charge in [-0.25, -0.2) is 10.1 Å². The number of rotatable bonds is 5. The van der Waals surface area contributed by atoms with Crippen molar-refractivity contribution >= 4 is 6.03 Å². The van der Waals surface area contributed by atoms with Gasteiger partial charge in [-0.2, -0.15) is 13.2 Å². The molecule has 1 aromatic carbocycles. The lowest BCUT2D eigenvalue weighted by Crippen LogP contribution is -2.44. The van der Waals surface area contributed by atoms with Crippen molar-refractivity contribution in [3.05, 3.63) is 35.9 Å². The molecule has 0 saturated carbocycles. The lowest BCUT2D eigenvalue weighted by Gasteiger charge is -2.09. The molecule has 0 aliphatic rings. The lowest BCUT2D eigenvalue weighted by atomic mass is 10.1. The quantitative estimate of drug-likeness (QED) is 0.620. The van der Waals surface area contributed by atoms with Crippen LogP contribution in [0.15, 0.2) is 30.3 Å². The van der Waals surface area contributed by atoms with E-state index < -0.39 is 12.3 Å². The lowest BCUT2D eigenvalue weighted by molar-refractivity contribution is -0.145. The van der Waals surface area contributed by atoms with E-state index in [1.165, 1.54) is 5.56 Å². The van der Waals surface area contributed by atoms with Gasteiger partial charge < -0.3 is 5.32 Å². The second kappa shape index (κ2) is 6.88. The van der Waals surface area contributed by atoms with Crippen LogP contribution in [0, 0.1) is 0 Å². The van der Waals surface area contributed by atoms with Gasteiger partial charge in [-0.15, -0.1) is 0 Å². The Morgan fingerprint density at radius 3 is 2.39 bits per heavy atom. The van der Waals surface area contributed by atoms with E-state index in [1.54, 1.807) is 0 Å². The van der Waals surface area contributed by atoms with Crippen LogP contribution in [0.25, 0.3) is 0 Å². The number of hydrogen-bond acceptors (Lipinski definition) is 1. The maximum Gasteiger partial charge on any atom is 0.485 e. The molecule has 3 nitrogen and oxygen atoms in total. The number of hydrogen-bond donors (Lipinski definition) is 2. The van der Waals surface area contributed by atoms with Crippen molar-refractivity contribution in [3.63, 3.8) is 0 Å². The van der Waals surface area contributed by atoms with E-state index in [0.29, 0.717) is 6.42 Å². The molecule has 1 rings (SSSR count). The van der Waals surface area contributed by atoms with Crippen molar-refractivity contribution in [1.29, 1.82) is 0 Å². The van der Waals surface area contributed by atoms with Crippen LogP contribution in [-0.4, -0.2) is 18.9 Å². The number of urea groups is 1. The van der Waals surface area contributed by atoms with Crippen molar-refractivity contribution in [3.8, 4) is 0 Å². The number of carbonyl (C=O) groups excluding carboxylic acids is 1. The highest BCUT2D eigenvalue weighted by molar-refractivity contribution is 5.74. The van der Waals surface area contributed by atoms with Gasteiger partial charge in [0, 0.05) is 6.54 Å². The standard InChI is InChI=1S/C12H15F3N2O/c13-12(14,15)17-11(18)16-9-5-4-8-10-6-2-1-3-7-10/h1-3,6-7H,4-5,8-9H2,(H2,16,17,18). The monoisotopic (exact) mass is 260 g/mol. The number of alkyl halides is 3. The van der Waals surface area contributed by atoms with E-state index in [1.807, 2.05) is 30.3 Å². The average molecular weight is 260 g/mol. The molecule has 0 unspecified atom stereocenters. The van der Waals surface area contributed by atoms with Gasteiger partial charge in [0.05, 0.1) is 0 Å². The summed E-state index contributed by atoms with van der Waals surface area (Å²) < 4.78 is 35.2. The van der Waals surface area contributed by atoms with Crippen LogP contribution in [0.1, 0.15) is 18.4 Å². The van der Waals surface area contributed by atoms with Crippen LogP contribution in [0.3, 0.4) is 0 Å². The molecule has 6 heteroatoms. The van der Waals surface area contributed by atoms with E-state index in [0.717, 1.165) is 18.2 Å². The molecule has 18 heavy (non-hydrogen) atoms. The van der Waals surface area contributed by atoms with Crippen LogP contribution in [-0.2, 0) is 6.42 Å². The summed E-state index contributed by atoms with van der Waals surface area (Å²) in [4.78, 5) is 10.7. The van der Waals surface area contributed by atoms with Gasteiger partial charge in [0.25, 0.3) is 0 Å². The first kappa shape index (κ1) is 14.3. The largest absolute Gasteiger partial charge is 0.485 e. The number of aryl methyl sites for hydroxylation is 1. The van der Waals surface area contributed by atoms with E-state index in [4.69, 9.17) is 0 Å². The number of amides is 2. The highest BCUT2D eigenvalue weighted by Crippen LogP contribution is 2.08. The maximum absolute atomic E-state index is 11.7. The minimum atomic E-state index is -4.67. The molecular weight excluding hydrogens is 245 g/mol. The predicted octanol–water partition coefficient (Wildman–Crippen LogP) is 2.83. The van der Waals surface area contributed by atoms with Crippen molar-refractivity contribution in [2.24, 2.45) is 0 Å². The number of halogens is 3. The Kier molecular flexibility index (Phi) is 5.48. The van der Waals surface area contributed by atoms with Gasteiger partial charge in [0.2, 0.25) is 0 Å². The molecule has 0 aliphatic heterocycles. The van der Waals surface area contributed by atoms with Gasteiger partial charge in [0.15, 0.2) is 0 Å². The Labute approximate surface area is 103 Å². The van der Waals surface area contributed by atoms with Crippen LogP contribution in [0.5, 0.6) is 0 Å². The van der Waals surface area contributed by atoms with Gasteiger partial charge in [0.1, 0.15) is 0 Å². The smallest absolute Gasteiger partial charge is 0.338 e. The number of carbonyl (C=O) groups is 1. The van der Waals surface area contributed by atoms with Gasteiger partial charge in [-0.1, -0.05) is 30.3 Å². The molecule has 0 aromatic heterocycles.